The fourth-order valence-corrected chi connectivity index (χ4v) is 4.85. The molecule has 0 saturated carbocycles. The predicted octanol–water partition coefficient (Wildman–Crippen LogP) is 3.68. The van der Waals surface area contributed by atoms with E-state index in [9.17, 15) is 8.42 Å². The van der Waals surface area contributed by atoms with Gasteiger partial charge in [0.15, 0.2) is 0 Å². The van der Waals surface area contributed by atoms with Crippen LogP contribution >= 0.6 is 22.6 Å². The number of nitrogens with zero attached hydrogens (tertiary/aromatic N) is 1. The summed E-state index contributed by atoms with van der Waals surface area (Å²) in [6, 6.07) is 13.2. The first kappa shape index (κ1) is 21.2. The van der Waals surface area contributed by atoms with Crippen molar-refractivity contribution >= 4 is 44.0 Å². The monoisotopic (exact) mass is 515 g/mol. The molecule has 1 saturated heterocycles. The first-order chi connectivity index (χ1) is 13.3. The smallest absolute Gasteiger partial charge is 0.262 e. The van der Waals surface area contributed by atoms with Crippen molar-refractivity contribution in [3.63, 3.8) is 0 Å². The minimum Gasteiger partial charge on any atom is -0.492 e. The van der Waals surface area contributed by atoms with E-state index in [2.05, 4.69) is 51.4 Å². The van der Waals surface area contributed by atoms with Crippen molar-refractivity contribution in [3.05, 3.63) is 46.0 Å². The van der Waals surface area contributed by atoms with E-state index in [0.29, 0.717) is 30.1 Å². The van der Waals surface area contributed by atoms with Gasteiger partial charge in [0.2, 0.25) is 0 Å². The molecule has 2 aromatic rings. The molecule has 0 aromatic heterocycles. The summed E-state index contributed by atoms with van der Waals surface area (Å²) >= 11 is 2.15. The number of anilines is 2. The standard InChI is InChI=1S/C20H26IN3O3S/c1-4-27-20-10-7-17(24-12-14(2)22-15(3)13-24)11-19(20)23-28(25,26)18-8-5-16(21)6-9-18/h5-11,14-15,22-23H,4,12-13H2,1-3H3/t14-,15+. The first-order valence-electron chi connectivity index (χ1n) is 9.34. The van der Waals surface area contributed by atoms with E-state index < -0.39 is 10.0 Å². The highest BCUT2D eigenvalue weighted by atomic mass is 127. The summed E-state index contributed by atoms with van der Waals surface area (Å²) < 4.78 is 35.1. The Hall–Kier alpha value is -1.52. The van der Waals surface area contributed by atoms with Crippen molar-refractivity contribution in [1.82, 2.24) is 5.32 Å². The van der Waals surface area contributed by atoms with E-state index in [1.807, 2.05) is 25.1 Å². The van der Waals surface area contributed by atoms with Gasteiger partial charge in [-0.3, -0.25) is 4.72 Å². The van der Waals surface area contributed by atoms with Crippen molar-refractivity contribution in [2.75, 3.05) is 29.3 Å². The summed E-state index contributed by atoms with van der Waals surface area (Å²) in [6.07, 6.45) is 0. The second kappa shape index (κ2) is 8.87. The molecule has 1 heterocycles. The number of ether oxygens (including phenoxy) is 1. The molecule has 2 aromatic carbocycles. The maximum Gasteiger partial charge on any atom is 0.262 e. The highest BCUT2D eigenvalue weighted by molar-refractivity contribution is 14.1. The summed E-state index contributed by atoms with van der Waals surface area (Å²) in [5.41, 5.74) is 1.43. The molecule has 28 heavy (non-hydrogen) atoms. The summed E-state index contributed by atoms with van der Waals surface area (Å²) in [6.45, 7) is 8.36. The van der Waals surface area contributed by atoms with Gasteiger partial charge >= 0.3 is 0 Å². The number of hydrogen-bond donors (Lipinski definition) is 2. The Kier molecular flexibility index (Phi) is 6.72. The molecule has 2 N–H and O–H groups in total. The molecular weight excluding hydrogens is 489 g/mol. The molecule has 2 atom stereocenters. The Bertz CT molecular complexity index is 909. The number of hydrogen-bond acceptors (Lipinski definition) is 5. The SMILES string of the molecule is CCOc1ccc(N2C[C@@H](C)N[C@@H](C)C2)cc1NS(=O)(=O)c1ccc(I)cc1. The van der Waals surface area contributed by atoms with E-state index in [4.69, 9.17) is 4.74 Å². The number of piperazine rings is 1. The largest absolute Gasteiger partial charge is 0.492 e. The summed E-state index contributed by atoms with van der Waals surface area (Å²) in [5.74, 6) is 0.525. The third-order valence-corrected chi connectivity index (χ3v) is 6.65. The van der Waals surface area contributed by atoms with Crippen LogP contribution in [-0.2, 0) is 10.0 Å². The maximum atomic E-state index is 12.9. The Labute approximate surface area is 180 Å². The zero-order valence-corrected chi connectivity index (χ0v) is 19.2. The van der Waals surface area contributed by atoms with Gasteiger partial charge in [-0.1, -0.05) is 0 Å². The van der Waals surface area contributed by atoms with E-state index in [-0.39, 0.29) is 4.90 Å². The van der Waals surface area contributed by atoms with Gasteiger partial charge in [-0.25, -0.2) is 8.42 Å². The molecule has 0 bridgehead atoms. The third kappa shape index (κ3) is 5.09. The average molecular weight is 515 g/mol. The van der Waals surface area contributed by atoms with Crippen LogP contribution in [0.1, 0.15) is 20.8 Å². The lowest BCUT2D eigenvalue weighted by Crippen LogP contribution is -2.54. The van der Waals surface area contributed by atoms with Crippen LogP contribution in [0.25, 0.3) is 0 Å². The van der Waals surface area contributed by atoms with Crippen LogP contribution < -0.4 is 19.7 Å². The van der Waals surface area contributed by atoms with Gasteiger partial charge in [0.05, 0.1) is 17.2 Å². The summed E-state index contributed by atoms with van der Waals surface area (Å²) in [7, 11) is -3.70. The van der Waals surface area contributed by atoms with Crippen molar-refractivity contribution in [1.29, 1.82) is 0 Å². The zero-order valence-electron chi connectivity index (χ0n) is 16.3. The molecule has 1 aliphatic heterocycles. The zero-order chi connectivity index (χ0) is 20.3. The number of rotatable bonds is 6. The first-order valence-corrected chi connectivity index (χ1v) is 11.9. The Morgan fingerprint density at radius 3 is 2.39 bits per heavy atom. The number of halogens is 1. The normalized spacial score (nSPS) is 20.1. The Morgan fingerprint density at radius 2 is 1.79 bits per heavy atom. The lowest BCUT2D eigenvalue weighted by molar-refractivity contribution is 0.342. The minimum atomic E-state index is -3.70. The summed E-state index contributed by atoms with van der Waals surface area (Å²) in [5, 5.41) is 3.51. The van der Waals surface area contributed by atoms with Gasteiger partial charge in [-0.15, -0.1) is 0 Å². The van der Waals surface area contributed by atoms with Crippen molar-refractivity contribution in [2.24, 2.45) is 0 Å². The average Bonchev–Trinajstić information content (AvgIpc) is 2.62. The van der Waals surface area contributed by atoms with Gasteiger partial charge in [-0.2, -0.15) is 0 Å². The number of benzene rings is 2. The van der Waals surface area contributed by atoms with Gasteiger partial charge in [-0.05, 0) is 85.8 Å². The molecule has 0 amide bonds. The minimum absolute atomic E-state index is 0.227. The lowest BCUT2D eigenvalue weighted by Gasteiger charge is -2.38. The van der Waals surface area contributed by atoms with Crippen LogP contribution in [0, 0.1) is 3.57 Å². The van der Waals surface area contributed by atoms with E-state index in [1.165, 1.54) is 0 Å². The number of sulfonamides is 1. The quantitative estimate of drug-likeness (QED) is 0.575. The lowest BCUT2D eigenvalue weighted by atomic mass is 10.1. The number of nitrogens with one attached hydrogen (secondary N) is 2. The predicted molar refractivity (Wildman–Crippen MR) is 122 cm³/mol. The van der Waals surface area contributed by atoms with Crippen LogP contribution in [0.2, 0.25) is 0 Å². The van der Waals surface area contributed by atoms with Crippen LogP contribution in [-0.4, -0.2) is 40.2 Å². The van der Waals surface area contributed by atoms with Gasteiger partial charge in [0.25, 0.3) is 10.0 Å². The molecule has 0 radical (unpaired) electrons. The molecule has 0 spiro atoms. The molecule has 152 valence electrons. The van der Waals surface area contributed by atoms with Crippen LogP contribution in [0.3, 0.4) is 0 Å². The molecule has 8 heteroatoms. The van der Waals surface area contributed by atoms with Crippen molar-refractivity contribution in [2.45, 2.75) is 37.8 Å². The molecule has 0 aliphatic carbocycles. The van der Waals surface area contributed by atoms with E-state index in [0.717, 1.165) is 22.3 Å². The Morgan fingerprint density at radius 1 is 1.14 bits per heavy atom. The second-order valence-corrected chi connectivity index (χ2v) is 9.97. The van der Waals surface area contributed by atoms with E-state index >= 15 is 0 Å². The van der Waals surface area contributed by atoms with Crippen LogP contribution in [0.15, 0.2) is 47.4 Å². The molecule has 6 nitrogen and oxygen atoms in total. The Balaban J connectivity index is 1.92. The van der Waals surface area contributed by atoms with Gasteiger partial charge in [0, 0.05) is 34.4 Å². The van der Waals surface area contributed by atoms with Gasteiger partial charge < -0.3 is 15.0 Å². The summed E-state index contributed by atoms with van der Waals surface area (Å²) in [4.78, 5) is 2.50. The van der Waals surface area contributed by atoms with Crippen LogP contribution in [0.5, 0.6) is 5.75 Å². The maximum absolute atomic E-state index is 12.9. The fourth-order valence-electron chi connectivity index (χ4n) is 3.43. The molecule has 3 rings (SSSR count). The third-order valence-electron chi connectivity index (χ3n) is 4.55. The highest BCUT2D eigenvalue weighted by Crippen LogP contribution is 2.32. The molecule has 0 unspecified atom stereocenters. The van der Waals surface area contributed by atoms with Crippen LogP contribution in [0.4, 0.5) is 11.4 Å². The van der Waals surface area contributed by atoms with Gasteiger partial charge in [0.1, 0.15) is 5.75 Å². The second-order valence-electron chi connectivity index (χ2n) is 7.05. The topological polar surface area (TPSA) is 70.7 Å². The molecular formula is C20H26IN3O3S. The molecule has 1 aliphatic rings. The van der Waals surface area contributed by atoms with Crippen molar-refractivity contribution < 1.29 is 13.2 Å². The van der Waals surface area contributed by atoms with E-state index in [1.54, 1.807) is 24.3 Å². The van der Waals surface area contributed by atoms with Crippen molar-refractivity contribution in [3.8, 4) is 5.75 Å². The highest BCUT2D eigenvalue weighted by Gasteiger charge is 2.23. The fraction of sp³-hybridized carbons (Fsp3) is 0.400. The molecule has 1 fully saturated rings.